The Morgan fingerprint density at radius 1 is 1.06 bits per heavy atom. The van der Waals surface area contributed by atoms with E-state index in [1.165, 1.54) is 0 Å². The minimum atomic E-state index is -0.623. The Kier molecular flexibility index (Phi) is 5.44. The first kappa shape index (κ1) is 20.2. The van der Waals surface area contributed by atoms with Gasteiger partial charge in [0.05, 0.1) is 32.6 Å². The van der Waals surface area contributed by atoms with E-state index in [2.05, 4.69) is 26.2 Å². The smallest absolute Gasteiger partial charge is 0.255 e. The summed E-state index contributed by atoms with van der Waals surface area (Å²) in [5.41, 5.74) is 2.33. The van der Waals surface area contributed by atoms with Gasteiger partial charge in [0.15, 0.2) is 0 Å². The number of hydrogen-bond donors (Lipinski definition) is 2. The maximum absolute atomic E-state index is 13.5. The third-order valence-electron chi connectivity index (χ3n) is 5.05. The Labute approximate surface area is 178 Å². The highest BCUT2D eigenvalue weighted by molar-refractivity contribution is 6.06. The number of carbonyl (C=O) groups excluding carboxylic acids is 1. The highest BCUT2D eigenvalue weighted by atomic mass is 16.5. The van der Waals surface area contributed by atoms with E-state index >= 15 is 0 Å². The zero-order chi connectivity index (χ0) is 22.0. The number of tetrazole rings is 1. The number of allylic oxidation sites excluding steroid dienone is 1. The lowest BCUT2D eigenvalue weighted by molar-refractivity contribution is -0.113. The molecule has 10 nitrogen and oxygen atoms in total. The van der Waals surface area contributed by atoms with E-state index < -0.39 is 6.04 Å². The maximum Gasteiger partial charge on any atom is 0.255 e. The number of benzene rings is 2. The Balaban J connectivity index is 1.81. The summed E-state index contributed by atoms with van der Waals surface area (Å²) in [4.78, 5) is 13.5. The van der Waals surface area contributed by atoms with Gasteiger partial charge in [0.25, 0.3) is 5.91 Å². The minimum absolute atomic E-state index is 0.321. The van der Waals surface area contributed by atoms with Crippen LogP contribution in [0.3, 0.4) is 0 Å². The van der Waals surface area contributed by atoms with Gasteiger partial charge in [-0.15, -0.1) is 0 Å². The number of anilines is 2. The molecule has 2 N–H and O–H groups in total. The van der Waals surface area contributed by atoms with Crippen LogP contribution in [0.15, 0.2) is 53.7 Å². The fourth-order valence-corrected chi connectivity index (χ4v) is 3.58. The molecule has 1 aliphatic heterocycles. The molecule has 0 saturated carbocycles. The van der Waals surface area contributed by atoms with Crippen molar-refractivity contribution in [3.63, 3.8) is 0 Å². The standard InChI is InChI=1S/C21H22N6O4/c1-12-18(20(28)23-15-7-5-6-8-16(15)30-3)19(27-21(22-12)24-25-26-27)14-10-9-13(29-2)11-17(14)31-4/h5-11,19H,1-4H3,(H,23,28)(H,22,24,26)/t19-/m1/s1. The molecule has 31 heavy (non-hydrogen) atoms. The van der Waals surface area contributed by atoms with Crippen molar-refractivity contribution in [2.24, 2.45) is 0 Å². The van der Waals surface area contributed by atoms with Crippen LogP contribution in [0.1, 0.15) is 18.5 Å². The van der Waals surface area contributed by atoms with E-state index in [-0.39, 0.29) is 5.91 Å². The Bertz CT molecular complexity index is 1160. The normalized spacial score (nSPS) is 15.0. The van der Waals surface area contributed by atoms with E-state index in [1.807, 2.05) is 18.2 Å². The Morgan fingerprint density at radius 2 is 1.84 bits per heavy atom. The van der Waals surface area contributed by atoms with Gasteiger partial charge >= 0.3 is 0 Å². The molecule has 4 rings (SSSR count). The van der Waals surface area contributed by atoms with Gasteiger partial charge < -0.3 is 24.8 Å². The fourth-order valence-electron chi connectivity index (χ4n) is 3.58. The molecule has 160 valence electrons. The summed E-state index contributed by atoms with van der Waals surface area (Å²) < 4.78 is 17.8. The van der Waals surface area contributed by atoms with Crippen LogP contribution in [-0.2, 0) is 4.79 Å². The summed E-state index contributed by atoms with van der Waals surface area (Å²) in [6, 6.07) is 12.0. The third kappa shape index (κ3) is 3.63. The van der Waals surface area contributed by atoms with Crippen LogP contribution in [0.2, 0.25) is 0 Å². The maximum atomic E-state index is 13.5. The van der Waals surface area contributed by atoms with Crippen LogP contribution in [-0.4, -0.2) is 47.4 Å². The second kappa shape index (κ2) is 8.34. The zero-order valence-electron chi connectivity index (χ0n) is 17.5. The highest BCUT2D eigenvalue weighted by Gasteiger charge is 2.36. The van der Waals surface area contributed by atoms with Gasteiger partial charge in [0.1, 0.15) is 23.3 Å². The van der Waals surface area contributed by atoms with Crippen molar-refractivity contribution >= 4 is 17.5 Å². The average molecular weight is 422 g/mol. The number of nitrogens with one attached hydrogen (secondary N) is 2. The van der Waals surface area contributed by atoms with Crippen LogP contribution in [0, 0.1) is 0 Å². The molecule has 0 radical (unpaired) electrons. The molecule has 0 bridgehead atoms. The van der Waals surface area contributed by atoms with E-state index in [4.69, 9.17) is 14.2 Å². The van der Waals surface area contributed by atoms with Gasteiger partial charge in [0, 0.05) is 17.3 Å². The number of carbonyl (C=O) groups is 1. The molecule has 0 unspecified atom stereocenters. The molecule has 1 aromatic heterocycles. The van der Waals surface area contributed by atoms with Crippen LogP contribution >= 0.6 is 0 Å². The monoisotopic (exact) mass is 422 g/mol. The summed E-state index contributed by atoms with van der Waals surface area (Å²) in [7, 11) is 4.69. The number of hydrogen-bond acceptors (Lipinski definition) is 8. The highest BCUT2D eigenvalue weighted by Crippen LogP contribution is 2.40. The number of amides is 1. The summed E-state index contributed by atoms with van der Waals surface area (Å²) in [6.45, 7) is 1.80. The summed E-state index contributed by atoms with van der Waals surface area (Å²) in [5.74, 6) is 1.84. The van der Waals surface area contributed by atoms with Gasteiger partial charge in [-0.05, 0) is 41.6 Å². The summed E-state index contributed by atoms with van der Waals surface area (Å²) in [5, 5.41) is 17.9. The molecule has 10 heteroatoms. The first-order chi connectivity index (χ1) is 15.1. The predicted octanol–water partition coefficient (Wildman–Crippen LogP) is 2.63. The van der Waals surface area contributed by atoms with Crippen molar-refractivity contribution in [3.8, 4) is 17.2 Å². The minimum Gasteiger partial charge on any atom is -0.497 e. The molecule has 3 aromatic rings. The number of nitrogens with zero attached hydrogens (tertiary/aromatic N) is 4. The Morgan fingerprint density at radius 3 is 2.58 bits per heavy atom. The molecule has 0 saturated heterocycles. The molecule has 0 aliphatic carbocycles. The van der Waals surface area contributed by atoms with Gasteiger partial charge in [-0.2, -0.15) is 4.68 Å². The van der Waals surface area contributed by atoms with Crippen molar-refractivity contribution in [3.05, 3.63) is 59.3 Å². The molecular formula is C21H22N6O4. The van der Waals surface area contributed by atoms with Crippen LogP contribution in [0.4, 0.5) is 11.6 Å². The zero-order valence-corrected chi connectivity index (χ0v) is 17.5. The number of aromatic nitrogens is 4. The van der Waals surface area contributed by atoms with Crippen LogP contribution in [0.5, 0.6) is 17.2 Å². The van der Waals surface area contributed by atoms with Crippen molar-refractivity contribution in [2.75, 3.05) is 32.0 Å². The lowest BCUT2D eigenvalue weighted by atomic mass is 9.94. The largest absolute Gasteiger partial charge is 0.497 e. The van der Waals surface area contributed by atoms with Crippen molar-refractivity contribution < 1.29 is 19.0 Å². The van der Waals surface area contributed by atoms with E-state index in [1.54, 1.807) is 57.2 Å². The molecule has 2 heterocycles. The molecule has 2 aromatic carbocycles. The van der Waals surface area contributed by atoms with Crippen molar-refractivity contribution in [2.45, 2.75) is 13.0 Å². The molecular weight excluding hydrogens is 400 g/mol. The van der Waals surface area contributed by atoms with Crippen LogP contribution in [0.25, 0.3) is 0 Å². The molecule has 1 aliphatic rings. The first-order valence-corrected chi connectivity index (χ1v) is 9.49. The van der Waals surface area contributed by atoms with Crippen molar-refractivity contribution in [1.82, 2.24) is 20.2 Å². The molecule has 0 spiro atoms. The Hall–Kier alpha value is -4.08. The van der Waals surface area contributed by atoms with E-state index in [9.17, 15) is 4.79 Å². The van der Waals surface area contributed by atoms with Crippen LogP contribution < -0.4 is 24.8 Å². The molecule has 1 amide bonds. The van der Waals surface area contributed by atoms with Gasteiger partial charge in [-0.25, -0.2) is 0 Å². The summed E-state index contributed by atoms with van der Waals surface area (Å²) >= 11 is 0. The second-order valence-corrected chi connectivity index (χ2v) is 6.78. The number of methoxy groups -OCH3 is 3. The lowest BCUT2D eigenvalue weighted by Crippen LogP contribution is -2.31. The molecule has 0 fully saturated rings. The SMILES string of the molecule is COc1ccc([C@@H]2C(C(=O)Nc3ccccc3OC)=C(C)Nc3nnnn32)c(OC)c1. The number of ether oxygens (including phenoxy) is 3. The second-order valence-electron chi connectivity index (χ2n) is 6.78. The van der Waals surface area contributed by atoms with E-state index in [0.29, 0.717) is 45.7 Å². The lowest BCUT2D eigenvalue weighted by Gasteiger charge is -2.29. The quantitative estimate of drug-likeness (QED) is 0.623. The van der Waals surface area contributed by atoms with Gasteiger partial charge in [-0.3, -0.25) is 4.79 Å². The first-order valence-electron chi connectivity index (χ1n) is 9.49. The topological polar surface area (TPSA) is 112 Å². The summed E-state index contributed by atoms with van der Waals surface area (Å²) in [6.07, 6.45) is 0. The number of para-hydroxylation sites is 2. The predicted molar refractivity (Wildman–Crippen MR) is 113 cm³/mol. The van der Waals surface area contributed by atoms with E-state index in [0.717, 1.165) is 0 Å². The average Bonchev–Trinajstić information content (AvgIpc) is 3.26. The number of rotatable bonds is 6. The van der Waals surface area contributed by atoms with Crippen molar-refractivity contribution in [1.29, 1.82) is 0 Å². The molecule has 1 atom stereocenters. The van der Waals surface area contributed by atoms with Gasteiger partial charge in [-0.1, -0.05) is 17.2 Å². The fraction of sp³-hybridized carbons (Fsp3) is 0.238. The number of fused-ring (bicyclic) bond motifs is 1. The third-order valence-corrected chi connectivity index (χ3v) is 5.05. The van der Waals surface area contributed by atoms with Gasteiger partial charge in [0.2, 0.25) is 5.95 Å².